The Labute approximate surface area is 75.3 Å². The first-order valence-electron chi connectivity index (χ1n) is 4.28. The van der Waals surface area contributed by atoms with E-state index in [1.807, 2.05) is 0 Å². The van der Waals surface area contributed by atoms with E-state index in [-0.39, 0.29) is 31.1 Å². The van der Waals surface area contributed by atoms with Crippen molar-refractivity contribution in [1.82, 2.24) is 9.80 Å². The molecule has 5 nitrogen and oxygen atoms in total. The molecule has 1 heterocycles. The van der Waals surface area contributed by atoms with Crippen LogP contribution in [0.25, 0.3) is 0 Å². The highest BCUT2D eigenvalue weighted by Gasteiger charge is 2.43. The van der Waals surface area contributed by atoms with Crippen molar-refractivity contribution in [2.24, 2.45) is 0 Å². The summed E-state index contributed by atoms with van der Waals surface area (Å²) in [5, 5.41) is 0. The van der Waals surface area contributed by atoms with Crippen molar-refractivity contribution in [3.05, 3.63) is 0 Å². The third-order valence-corrected chi connectivity index (χ3v) is 2.33. The summed E-state index contributed by atoms with van der Waals surface area (Å²) < 4.78 is 0. The highest BCUT2D eigenvalue weighted by atomic mass is 16.2. The summed E-state index contributed by atoms with van der Waals surface area (Å²) >= 11 is 0. The quantitative estimate of drug-likeness (QED) is 0.441. The molecule has 0 aromatic heterocycles. The fourth-order valence-electron chi connectivity index (χ4n) is 1.49. The smallest absolute Gasteiger partial charge is 0.312 e. The Kier molecular flexibility index (Phi) is 1.79. The molecule has 70 valence electrons. The van der Waals surface area contributed by atoms with Crippen molar-refractivity contribution >= 4 is 18.2 Å². The van der Waals surface area contributed by atoms with Crippen molar-refractivity contribution in [3.63, 3.8) is 0 Å². The van der Waals surface area contributed by atoms with Crippen LogP contribution >= 0.6 is 0 Å². The molecule has 1 saturated carbocycles. The second-order valence-corrected chi connectivity index (χ2v) is 3.31. The third kappa shape index (κ3) is 1.30. The first-order chi connectivity index (χ1) is 6.24. The maximum absolute atomic E-state index is 11.5. The van der Waals surface area contributed by atoms with Gasteiger partial charge in [-0.05, 0) is 12.8 Å². The van der Waals surface area contributed by atoms with Crippen LogP contribution in [0.2, 0.25) is 0 Å². The van der Waals surface area contributed by atoms with E-state index in [0.29, 0.717) is 6.29 Å². The Balaban J connectivity index is 2.08. The predicted molar refractivity (Wildman–Crippen MR) is 42.9 cm³/mol. The van der Waals surface area contributed by atoms with E-state index >= 15 is 0 Å². The minimum Gasteiger partial charge on any atom is -0.312 e. The van der Waals surface area contributed by atoms with Gasteiger partial charge in [-0.2, -0.15) is 0 Å². The molecule has 0 spiro atoms. The van der Waals surface area contributed by atoms with E-state index in [4.69, 9.17) is 0 Å². The number of nitrogens with zero attached hydrogens (tertiary/aromatic N) is 2. The van der Waals surface area contributed by atoms with Gasteiger partial charge in [-0.1, -0.05) is 0 Å². The third-order valence-electron chi connectivity index (χ3n) is 2.33. The topological polar surface area (TPSA) is 57.7 Å². The molecular weight excluding hydrogens is 172 g/mol. The van der Waals surface area contributed by atoms with Crippen LogP contribution in [0.1, 0.15) is 12.8 Å². The van der Waals surface area contributed by atoms with E-state index in [2.05, 4.69) is 0 Å². The Hall–Kier alpha value is -1.39. The molecule has 2 rings (SSSR count). The number of carbonyl (C=O) groups is 3. The van der Waals surface area contributed by atoms with E-state index in [1.54, 1.807) is 4.90 Å². The zero-order chi connectivity index (χ0) is 9.42. The number of aldehydes is 1. The summed E-state index contributed by atoms with van der Waals surface area (Å²) in [6, 6.07) is -0.0623. The van der Waals surface area contributed by atoms with Crippen molar-refractivity contribution in [2.75, 3.05) is 13.1 Å². The number of hydrogen-bond acceptors (Lipinski definition) is 3. The lowest BCUT2D eigenvalue weighted by atomic mass is 10.5. The minimum atomic E-state index is -0.306. The fraction of sp³-hybridized carbons (Fsp3) is 0.625. The van der Waals surface area contributed by atoms with Gasteiger partial charge >= 0.3 is 6.03 Å². The van der Waals surface area contributed by atoms with Gasteiger partial charge in [0.2, 0.25) is 0 Å². The molecular formula is C8H10N2O3. The Morgan fingerprint density at radius 2 is 2.08 bits per heavy atom. The molecule has 0 aromatic rings. The fourth-order valence-corrected chi connectivity index (χ4v) is 1.49. The second kappa shape index (κ2) is 2.83. The molecule has 0 radical (unpaired) electrons. The van der Waals surface area contributed by atoms with Gasteiger partial charge in [0, 0.05) is 6.04 Å². The van der Waals surface area contributed by atoms with E-state index in [0.717, 1.165) is 17.7 Å². The Morgan fingerprint density at radius 3 is 2.62 bits per heavy atom. The molecule has 0 aromatic carbocycles. The van der Waals surface area contributed by atoms with E-state index < -0.39 is 0 Å². The molecule has 0 N–H and O–H groups in total. The summed E-state index contributed by atoms with van der Waals surface area (Å²) in [6.45, 7) is 0.0399. The van der Waals surface area contributed by atoms with Gasteiger partial charge in [0.15, 0.2) is 0 Å². The van der Waals surface area contributed by atoms with Crippen LogP contribution in [0.5, 0.6) is 0 Å². The lowest BCUT2D eigenvalue weighted by Crippen LogP contribution is -2.35. The average molecular weight is 182 g/mol. The molecule has 1 aliphatic carbocycles. The largest absolute Gasteiger partial charge is 0.327 e. The lowest BCUT2D eigenvalue weighted by molar-refractivity contribution is -0.127. The normalized spacial score (nSPS) is 22.8. The minimum absolute atomic E-state index is 0.110. The molecule has 2 aliphatic rings. The lowest BCUT2D eigenvalue weighted by Gasteiger charge is -2.13. The standard InChI is InChI=1S/C8H10N2O3/c11-4-3-9-7(12)5-10(8(9)13)6-1-2-6/h4,6H,1-3,5H2. The summed E-state index contributed by atoms with van der Waals surface area (Å²) in [6.07, 6.45) is 2.54. The van der Waals surface area contributed by atoms with E-state index in [9.17, 15) is 14.4 Å². The predicted octanol–water partition coefficient (Wildman–Crippen LogP) is -0.388. The zero-order valence-electron chi connectivity index (χ0n) is 7.10. The molecule has 1 saturated heterocycles. The number of carbonyl (C=O) groups excluding carboxylic acids is 3. The van der Waals surface area contributed by atoms with Crippen LogP contribution in [-0.2, 0) is 9.59 Å². The van der Waals surface area contributed by atoms with Gasteiger partial charge in [-0.15, -0.1) is 0 Å². The van der Waals surface area contributed by atoms with Crippen molar-refractivity contribution < 1.29 is 14.4 Å². The number of amides is 3. The van der Waals surface area contributed by atoms with Crippen LogP contribution in [-0.4, -0.2) is 47.2 Å². The summed E-state index contributed by atoms with van der Waals surface area (Å²) in [5.74, 6) is -0.260. The van der Waals surface area contributed by atoms with Gasteiger partial charge < -0.3 is 9.69 Å². The van der Waals surface area contributed by atoms with Gasteiger partial charge in [-0.25, -0.2) is 4.79 Å². The molecule has 13 heavy (non-hydrogen) atoms. The Bertz CT molecular complexity index is 273. The van der Waals surface area contributed by atoms with Crippen LogP contribution in [0.4, 0.5) is 4.79 Å². The van der Waals surface area contributed by atoms with Crippen LogP contribution in [0, 0.1) is 0 Å². The summed E-state index contributed by atoms with van der Waals surface area (Å²) in [7, 11) is 0. The highest BCUT2D eigenvalue weighted by molar-refractivity contribution is 6.03. The van der Waals surface area contributed by atoms with E-state index in [1.165, 1.54) is 0 Å². The summed E-state index contributed by atoms with van der Waals surface area (Å²) in [5.41, 5.74) is 0. The highest BCUT2D eigenvalue weighted by Crippen LogP contribution is 2.29. The molecule has 0 unspecified atom stereocenters. The number of imide groups is 1. The van der Waals surface area contributed by atoms with Crippen molar-refractivity contribution in [2.45, 2.75) is 18.9 Å². The SMILES string of the molecule is O=CCN1C(=O)CN(C2CC2)C1=O. The van der Waals surface area contributed by atoms with Gasteiger partial charge in [-0.3, -0.25) is 9.69 Å². The molecule has 1 aliphatic heterocycles. The average Bonchev–Trinajstić information content (AvgIpc) is 2.88. The monoisotopic (exact) mass is 182 g/mol. The van der Waals surface area contributed by atoms with Crippen LogP contribution in [0.3, 0.4) is 0 Å². The van der Waals surface area contributed by atoms with Crippen LogP contribution in [0.15, 0.2) is 0 Å². The first kappa shape index (κ1) is 8.22. The number of urea groups is 1. The molecule has 3 amide bonds. The number of rotatable bonds is 3. The Morgan fingerprint density at radius 1 is 1.38 bits per heavy atom. The van der Waals surface area contributed by atoms with Gasteiger partial charge in [0.1, 0.15) is 12.8 Å². The first-order valence-corrected chi connectivity index (χ1v) is 4.28. The van der Waals surface area contributed by atoms with Crippen molar-refractivity contribution in [3.8, 4) is 0 Å². The maximum Gasteiger partial charge on any atom is 0.327 e. The molecule has 0 atom stereocenters. The van der Waals surface area contributed by atoms with Gasteiger partial charge in [0.05, 0.1) is 6.54 Å². The van der Waals surface area contributed by atoms with Gasteiger partial charge in [0.25, 0.3) is 5.91 Å². The second-order valence-electron chi connectivity index (χ2n) is 3.31. The molecule has 5 heteroatoms. The van der Waals surface area contributed by atoms with Crippen LogP contribution < -0.4 is 0 Å². The van der Waals surface area contributed by atoms with Crippen molar-refractivity contribution in [1.29, 1.82) is 0 Å². The molecule has 2 fully saturated rings. The number of hydrogen-bond donors (Lipinski definition) is 0. The summed E-state index contributed by atoms with van der Waals surface area (Å²) in [4.78, 5) is 35.4. The maximum atomic E-state index is 11.5. The zero-order valence-corrected chi connectivity index (χ0v) is 7.10. The molecule has 0 bridgehead atoms.